The van der Waals surface area contributed by atoms with Gasteiger partial charge in [-0.1, -0.05) is 32.0 Å². The van der Waals surface area contributed by atoms with Crippen LogP contribution in [0.4, 0.5) is 0 Å². The summed E-state index contributed by atoms with van der Waals surface area (Å²) in [5.74, 6) is 2.81. The second-order valence-electron chi connectivity index (χ2n) is 9.36. The van der Waals surface area contributed by atoms with Crippen molar-refractivity contribution >= 4 is 10.9 Å². The fraction of sp³-hybridized carbons (Fsp3) is 0.625. The van der Waals surface area contributed by atoms with Gasteiger partial charge in [0.05, 0.1) is 11.2 Å². The van der Waals surface area contributed by atoms with Gasteiger partial charge >= 0.3 is 0 Å². The van der Waals surface area contributed by atoms with Crippen LogP contribution in [0.15, 0.2) is 28.8 Å². The first-order valence-corrected chi connectivity index (χ1v) is 11.8. The van der Waals surface area contributed by atoms with Crippen molar-refractivity contribution in [2.45, 2.75) is 57.8 Å². The van der Waals surface area contributed by atoms with E-state index in [4.69, 9.17) is 19.3 Å². The number of hydrogen-bond acceptors (Lipinski definition) is 6. The lowest BCUT2D eigenvalue weighted by molar-refractivity contribution is 0.0586. The van der Waals surface area contributed by atoms with Crippen LogP contribution in [-0.2, 0) is 4.74 Å². The standard InChI is InChI=1S/C24H33N5O2/c1-17(2)22-20-5-3-4-6-21(20)29(26-22)24-25-23(31-27-24)19-8-13-28(14-9-19)12-7-18-10-15-30-16-11-18/h3-6,17-19H,7-16H2,1-2H3. The molecule has 5 rings (SSSR count). The van der Waals surface area contributed by atoms with E-state index in [2.05, 4.69) is 42.1 Å². The topological polar surface area (TPSA) is 69.2 Å². The second-order valence-corrected chi connectivity index (χ2v) is 9.36. The number of piperidine rings is 1. The Morgan fingerprint density at radius 2 is 1.84 bits per heavy atom. The van der Waals surface area contributed by atoms with Crippen LogP contribution in [-0.4, -0.2) is 57.7 Å². The fourth-order valence-corrected chi connectivity index (χ4v) is 4.95. The highest BCUT2D eigenvalue weighted by Gasteiger charge is 2.27. The maximum Gasteiger partial charge on any atom is 0.291 e. The zero-order valence-electron chi connectivity index (χ0n) is 18.7. The van der Waals surface area contributed by atoms with Crippen molar-refractivity contribution in [1.29, 1.82) is 0 Å². The Balaban J connectivity index is 1.23. The van der Waals surface area contributed by atoms with Crippen molar-refractivity contribution < 1.29 is 9.26 Å². The largest absolute Gasteiger partial charge is 0.381 e. The molecule has 7 heteroatoms. The van der Waals surface area contributed by atoms with Crippen molar-refractivity contribution in [3.63, 3.8) is 0 Å². The first-order chi connectivity index (χ1) is 15.2. The number of benzene rings is 1. The zero-order chi connectivity index (χ0) is 21.2. The monoisotopic (exact) mass is 423 g/mol. The third kappa shape index (κ3) is 4.39. The number of ether oxygens (including phenoxy) is 1. The van der Waals surface area contributed by atoms with Gasteiger partial charge < -0.3 is 14.2 Å². The summed E-state index contributed by atoms with van der Waals surface area (Å²) in [6, 6.07) is 8.27. The predicted molar refractivity (Wildman–Crippen MR) is 120 cm³/mol. The molecule has 0 atom stereocenters. The lowest BCUT2D eigenvalue weighted by Crippen LogP contribution is -2.35. The summed E-state index contributed by atoms with van der Waals surface area (Å²) < 4.78 is 13.0. The molecule has 2 aromatic heterocycles. The van der Waals surface area contributed by atoms with Crippen LogP contribution in [0.2, 0.25) is 0 Å². The van der Waals surface area contributed by atoms with E-state index in [0.29, 0.717) is 17.8 Å². The zero-order valence-corrected chi connectivity index (χ0v) is 18.7. The van der Waals surface area contributed by atoms with Crippen LogP contribution in [0.25, 0.3) is 16.9 Å². The minimum Gasteiger partial charge on any atom is -0.381 e. The molecule has 4 heterocycles. The normalized spacial score (nSPS) is 19.6. The molecule has 0 radical (unpaired) electrons. The number of aromatic nitrogens is 4. The Kier molecular flexibility index (Phi) is 6.05. The molecule has 0 saturated carbocycles. The molecule has 7 nitrogen and oxygen atoms in total. The van der Waals surface area contributed by atoms with Crippen molar-refractivity contribution in [3.8, 4) is 5.95 Å². The highest BCUT2D eigenvalue weighted by Crippen LogP contribution is 2.30. The molecule has 1 aromatic carbocycles. The highest BCUT2D eigenvalue weighted by atomic mass is 16.5. The Hall–Kier alpha value is -2.25. The van der Waals surface area contributed by atoms with Gasteiger partial charge in [0, 0.05) is 24.5 Å². The van der Waals surface area contributed by atoms with Gasteiger partial charge in [0.15, 0.2) is 0 Å². The molecule has 0 spiro atoms. The van der Waals surface area contributed by atoms with Crippen LogP contribution >= 0.6 is 0 Å². The molecule has 2 aliphatic rings. The number of para-hydroxylation sites is 1. The molecule has 0 bridgehead atoms. The maximum atomic E-state index is 5.71. The fourth-order valence-electron chi connectivity index (χ4n) is 4.95. The molecule has 0 N–H and O–H groups in total. The first kappa shape index (κ1) is 20.6. The molecule has 2 saturated heterocycles. The van der Waals surface area contributed by atoms with Gasteiger partial charge in [0.1, 0.15) is 0 Å². The van der Waals surface area contributed by atoms with Crippen molar-refractivity contribution in [2.24, 2.45) is 5.92 Å². The summed E-state index contributed by atoms with van der Waals surface area (Å²) in [5.41, 5.74) is 2.10. The minimum atomic E-state index is 0.336. The van der Waals surface area contributed by atoms with Gasteiger partial charge in [-0.2, -0.15) is 14.8 Å². The van der Waals surface area contributed by atoms with E-state index in [0.717, 1.165) is 67.6 Å². The number of rotatable bonds is 6. The molecule has 0 unspecified atom stereocenters. The molecular formula is C24H33N5O2. The SMILES string of the molecule is CC(C)c1nn(-c2noc(C3CCN(CCC4CCOCC4)CC3)n2)c2ccccc12. The van der Waals surface area contributed by atoms with Crippen molar-refractivity contribution in [1.82, 2.24) is 24.8 Å². The second kappa shape index (κ2) is 9.09. The molecule has 0 amide bonds. The lowest BCUT2D eigenvalue weighted by atomic mass is 9.94. The van der Waals surface area contributed by atoms with Gasteiger partial charge in [-0.15, -0.1) is 0 Å². The summed E-state index contributed by atoms with van der Waals surface area (Å²) in [6.45, 7) is 9.62. The summed E-state index contributed by atoms with van der Waals surface area (Å²) in [6.07, 6.45) is 5.89. The molecule has 3 aromatic rings. The first-order valence-electron chi connectivity index (χ1n) is 11.8. The van der Waals surface area contributed by atoms with E-state index >= 15 is 0 Å². The molecule has 31 heavy (non-hydrogen) atoms. The van der Waals surface area contributed by atoms with Crippen LogP contribution in [0, 0.1) is 5.92 Å². The van der Waals surface area contributed by atoms with E-state index in [-0.39, 0.29) is 0 Å². The van der Waals surface area contributed by atoms with E-state index < -0.39 is 0 Å². The van der Waals surface area contributed by atoms with E-state index in [1.807, 2.05) is 10.7 Å². The summed E-state index contributed by atoms with van der Waals surface area (Å²) >= 11 is 0. The number of nitrogens with zero attached hydrogens (tertiary/aromatic N) is 5. The third-order valence-corrected chi connectivity index (χ3v) is 6.91. The minimum absolute atomic E-state index is 0.336. The molecule has 2 fully saturated rings. The number of likely N-dealkylation sites (tertiary alicyclic amines) is 1. The lowest BCUT2D eigenvalue weighted by Gasteiger charge is -2.32. The molecule has 0 aliphatic carbocycles. The smallest absolute Gasteiger partial charge is 0.291 e. The van der Waals surface area contributed by atoms with Gasteiger partial charge in [-0.3, -0.25) is 0 Å². The molecule has 166 valence electrons. The predicted octanol–water partition coefficient (Wildman–Crippen LogP) is 4.53. The summed E-state index contributed by atoms with van der Waals surface area (Å²) in [7, 11) is 0. The van der Waals surface area contributed by atoms with E-state index in [1.54, 1.807) is 0 Å². The number of hydrogen-bond donors (Lipinski definition) is 0. The molecule has 2 aliphatic heterocycles. The Morgan fingerprint density at radius 3 is 2.61 bits per heavy atom. The third-order valence-electron chi connectivity index (χ3n) is 6.91. The Bertz CT molecular complexity index is 996. The average Bonchev–Trinajstić information content (AvgIpc) is 3.44. The van der Waals surface area contributed by atoms with Crippen LogP contribution in [0.5, 0.6) is 0 Å². The molecular weight excluding hydrogens is 390 g/mol. The van der Waals surface area contributed by atoms with Crippen molar-refractivity contribution in [2.75, 3.05) is 32.8 Å². The number of fused-ring (bicyclic) bond motifs is 1. The average molecular weight is 424 g/mol. The van der Waals surface area contributed by atoms with E-state index in [9.17, 15) is 0 Å². The van der Waals surface area contributed by atoms with Gasteiger partial charge in [0.2, 0.25) is 5.89 Å². The van der Waals surface area contributed by atoms with Crippen molar-refractivity contribution in [3.05, 3.63) is 35.9 Å². The quantitative estimate of drug-likeness (QED) is 0.580. The Morgan fingerprint density at radius 1 is 1.06 bits per heavy atom. The van der Waals surface area contributed by atoms with Crippen LogP contribution in [0.3, 0.4) is 0 Å². The summed E-state index contributed by atoms with van der Waals surface area (Å²) in [4.78, 5) is 7.36. The van der Waals surface area contributed by atoms with Crippen LogP contribution < -0.4 is 0 Å². The van der Waals surface area contributed by atoms with Gasteiger partial charge in [-0.05, 0) is 74.8 Å². The maximum absolute atomic E-state index is 5.71. The Labute approximate surface area is 183 Å². The highest BCUT2D eigenvalue weighted by molar-refractivity contribution is 5.83. The summed E-state index contributed by atoms with van der Waals surface area (Å²) in [5, 5.41) is 10.3. The van der Waals surface area contributed by atoms with Crippen LogP contribution in [0.1, 0.15) is 69.4 Å². The van der Waals surface area contributed by atoms with E-state index in [1.165, 1.54) is 25.8 Å². The van der Waals surface area contributed by atoms with Gasteiger partial charge in [0.25, 0.3) is 5.95 Å². The van der Waals surface area contributed by atoms with Gasteiger partial charge in [-0.25, -0.2) is 0 Å².